The van der Waals surface area contributed by atoms with Crippen molar-refractivity contribution in [3.05, 3.63) is 29.0 Å². The Hall–Kier alpha value is -0.640. The van der Waals surface area contributed by atoms with Crippen LogP contribution in [0, 0.1) is 0 Å². The molecule has 0 spiro atoms. The Balaban J connectivity index is 1.97. The molecular weight excluding hydrogens is 200 g/mol. The fourth-order valence-electron chi connectivity index (χ4n) is 1.75. The number of hydrogen-bond donors (Lipinski definition) is 1. The molecule has 1 fully saturated rings. The molecule has 0 saturated carbocycles. The van der Waals surface area contributed by atoms with Crippen LogP contribution in [0.5, 0.6) is 0 Å². The number of likely N-dealkylation sites (tertiary alicyclic amines) is 1. The molecule has 1 aromatic rings. The second-order valence-corrected chi connectivity index (χ2v) is 4.05. The van der Waals surface area contributed by atoms with Gasteiger partial charge in [-0.15, -0.1) is 0 Å². The number of nitrogens with zero attached hydrogens (tertiary/aromatic N) is 2. The highest BCUT2D eigenvalue weighted by Gasteiger charge is 2.19. The van der Waals surface area contributed by atoms with E-state index >= 15 is 0 Å². The van der Waals surface area contributed by atoms with Gasteiger partial charge in [0.25, 0.3) is 0 Å². The van der Waals surface area contributed by atoms with E-state index in [1.165, 1.54) is 0 Å². The summed E-state index contributed by atoms with van der Waals surface area (Å²) in [6, 6.07) is 3.82. The normalized spacial score (nSPS) is 22.9. The Morgan fingerprint density at radius 1 is 1.64 bits per heavy atom. The van der Waals surface area contributed by atoms with Gasteiger partial charge in [0.2, 0.25) is 0 Å². The molecule has 1 saturated heterocycles. The molecule has 1 aromatic heterocycles. The van der Waals surface area contributed by atoms with Gasteiger partial charge in [0.05, 0.1) is 6.10 Å². The van der Waals surface area contributed by atoms with E-state index in [0.717, 1.165) is 31.6 Å². The Labute approximate surface area is 88.3 Å². The fourth-order valence-corrected chi connectivity index (χ4v) is 1.95. The minimum atomic E-state index is -0.160. The van der Waals surface area contributed by atoms with Gasteiger partial charge in [-0.25, -0.2) is 4.98 Å². The molecule has 1 aliphatic rings. The summed E-state index contributed by atoms with van der Waals surface area (Å²) in [5, 5.41) is 9.88. The third-order valence-corrected chi connectivity index (χ3v) is 2.65. The highest BCUT2D eigenvalue weighted by atomic mass is 35.5. The van der Waals surface area contributed by atoms with Gasteiger partial charge in [-0.1, -0.05) is 11.6 Å². The monoisotopic (exact) mass is 212 g/mol. The van der Waals surface area contributed by atoms with E-state index in [1.54, 1.807) is 6.20 Å². The lowest BCUT2D eigenvalue weighted by atomic mass is 10.2. The van der Waals surface area contributed by atoms with Gasteiger partial charge in [-0.05, 0) is 24.1 Å². The first kappa shape index (κ1) is 9.90. The second kappa shape index (κ2) is 4.26. The van der Waals surface area contributed by atoms with Gasteiger partial charge in [0.15, 0.2) is 0 Å². The summed E-state index contributed by atoms with van der Waals surface area (Å²) in [5.41, 5.74) is 1.15. The Morgan fingerprint density at radius 3 is 3.14 bits per heavy atom. The van der Waals surface area contributed by atoms with Crippen LogP contribution in [0.2, 0.25) is 5.15 Å². The Kier molecular flexibility index (Phi) is 3.01. The van der Waals surface area contributed by atoms with Gasteiger partial charge in [-0.3, -0.25) is 4.90 Å². The summed E-state index contributed by atoms with van der Waals surface area (Å²) in [6.45, 7) is 2.57. The molecule has 0 unspecified atom stereocenters. The largest absolute Gasteiger partial charge is 0.392 e. The van der Waals surface area contributed by atoms with Crippen molar-refractivity contribution in [2.24, 2.45) is 0 Å². The second-order valence-electron chi connectivity index (χ2n) is 3.66. The number of aliphatic hydroxyl groups is 1. The highest BCUT2D eigenvalue weighted by Crippen LogP contribution is 2.14. The smallest absolute Gasteiger partial charge is 0.129 e. The van der Waals surface area contributed by atoms with Crippen molar-refractivity contribution in [3.8, 4) is 0 Å². The molecule has 0 amide bonds. The van der Waals surface area contributed by atoms with E-state index in [-0.39, 0.29) is 6.10 Å². The number of rotatable bonds is 2. The molecule has 0 aliphatic carbocycles. The molecule has 0 bridgehead atoms. The first-order chi connectivity index (χ1) is 6.74. The van der Waals surface area contributed by atoms with E-state index in [4.69, 9.17) is 11.6 Å². The first-order valence-electron chi connectivity index (χ1n) is 4.75. The summed E-state index contributed by atoms with van der Waals surface area (Å²) in [4.78, 5) is 6.15. The number of halogens is 1. The van der Waals surface area contributed by atoms with Gasteiger partial charge in [0, 0.05) is 25.8 Å². The van der Waals surface area contributed by atoms with Crippen LogP contribution in [-0.2, 0) is 6.54 Å². The number of hydrogen-bond acceptors (Lipinski definition) is 3. The molecule has 2 heterocycles. The zero-order valence-corrected chi connectivity index (χ0v) is 8.61. The van der Waals surface area contributed by atoms with Crippen LogP contribution < -0.4 is 0 Å². The van der Waals surface area contributed by atoms with Crippen LogP contribution in [0.15, 0.2) is 18.3 Å². The molecule has 76 valence electrons. The molecule has 1 atom stereocenters. The molecular formula is C10H13ClN2O. The third kappa shape index (κ3) is 2.44. The molecule has 1 aliphatic heterocycles. The lowest BCUT2D eigenvalue weighted by Crippen LogP contribution is -2.21. The van der Waals surface area contributed by atoms with E-state index < -0.39 is 0 Å². The van der Waals surface area contributed by atoms with Crippen molar-refractivity contribution in [1.82, 2.24) is 9.88 Å². The van der Waals surface area contributed by atoms with E-state index in [1.807, 2.05) is 12.1 Å². The maximum absolute atomic E-state index is 9.35. The number of aliphatic hydroxyl groups excluding tert-OH is 1. The molecule has 14 heavy (non-hydrogen) atoms. The molecule has 4 heteroatoms. The lowest BCUT2D eigenvalue weighted by molar-refractivity contribution is 0.175. The summed E-state index contributed by atoms with van der Waals surface area (Å²) in [5.74, 6) is 0. The van der Waals surface area contributed by atoms with Gasteiger partial charge >= 0.3 is 0 Å². The summed E-state index contributed by atoms with van der Waals surface area (Å²) in [7, 11) is 0. The number of β-amino-alcohol motifs (C(OH)–C–C–N with tert-alkyl or cyclic N) is 1. The Morgan fingerprint density at radius 2 is 2.50 bits per heavy atom. The van der Waals surface area contributed by atoms with Gasteiger partial charge in [-0.2, -0.15) is 0 Å². The van der Waals surface area contributed by atoms with E-state index in [9.17, 15) is 5.11 Å². The van der Waals surface area contributed by atoms with Crippen molar-refractivity contribution in [3.63, 3.8) is 0 Å². The first-order valence-corrected chi connectivity index (χ1v) is 5.13. The SMILES string of the molecule is O[C@H]1CCN(Cc2ccnc(Cl)c2)C1. The molecule has 2 rings (SSSR count). The third-order valence-electron chi connectivity index (χ3n) is 2.44. The van der Waals surface area contributed by atoms with Crippen LogP contribution in [0.3, 0.4) is 0 Å². The maximum atomic E-state index is 9.35. The minimum Gasteiger partial charge on any atom is -0.392 e. The number of pyridine rings is 1. The van der Waals surface area contributed by atoms with Crippen LogP contribution >= 0.6 is 11.6 Å². The molecule has 3 nitrogen and oxygen atoms in total. The lowest BCUT2D eigenvalue weighted by Gasteiger charge is -2.14. The van der Waals surface area contributed by atoms with Crippen LogP contribution in [0.1, 0.15) is 12.0 Å². The zero-order valence-electron chi connectivity index (χ0n) is 7.86. The highest BCUT2D eigenvalue weighted by molar-refractivity contribution is 6.29. The minimum absolute atomic E-state index is 0.160. The molecule has 1 N–H and O–H groups in total. The average molecular weight is 213 g/mol. The van der Waals surface area contributed by atoms with E-state index in [2.05, 4.69) is 9.88 Å². The average Bonchev–Trinajstić information content (AvgIpc) is 2.51. The van der Waals surface area contributed by atoms with Crippen molar-refractivity contribution in [1.29, 1.82) is 0 Å². The van der Waals surface area contributed by atoms with Crippen molar-refractivity contribution < 1.29 is 5.11 Å². The molecule has 0 radical (unpaired) electrons. The summed E-state index contributed by atoms with van der Waals surface area (Å²) >= 11 is 5.78. The number of aromatic nitrogens is 1. The summed E-state index contributed by atoms with van der Waals surface area (Å²) in [6.07, 6.45) is 2.43. The van der Waals surface area contributed by atoms with Crippen LogP contribution in [0.25, 0.3) is 0 Å². The fraction of sp³-hybridized carbons (Fsp3) is 0.500. The topological polar surface area (TPSA) is 36.4 Å². The van der Waals surface area contributed by atoms with Gasteiger partial charge in [0.1, 0.15) is 5.15 Å². The molecule has 0 aromatic carbocycles. The van der Waals surface area contributed by atoms with Gasteiger partial charge < -0.3 is 5.11 Å². The quantitative estimate of drug-likeness (QED) is 0.751. The van der Waals surface area contributed by atoms with Crippen LogP contribution in [0.4, 0.5) is 0 Å². The standard InChI is InChI=1S/C10H13ClN2O/c11-10-5-8(1-3-12-10)6-13-4-2-9(14)7-13/h1,3,5,9,14H,2,4,6-7H2/t9-/m0/s1. The predicted octanol–water partition coefficient (Wildman–Crippen LogP) is 1.30. The van der Waals surface area contributed by atoms with E-state index in [0.29, 0.717) is 5.15 Å². The summed E-state index contributed by atoms with van der Waals surface area (Å²) < 4.78 is 0. The van der Waals surface area contributed by atoms with Crippen molar-refractivity contribution in [2.75, 3.05) is 13.1 Å². The van der Waals surface area contributed by atoms with Crippen molar-refractivity contribution in [2.45, 2.75) is 19.1 Å². The zero-order chi connectivity index (χ0) is 9.97. The van der Waals surface area contributed by atoms with Crippen LogP contribution in [-0.4, -0.2) is 34.2 Å². The van der Waals surface area contributed by atoms with Crippen molar-refractivity contribution >= 4 is 11.6 Å². The Bertz CT molecular complexity index is 319. The maximum Gasteiger partial charge on any atom is 0.129 e. The predicted molar refractivity (Wildman–Crippen MR) is 55.1 cm³/mol.